The molecule has 0 aliphatic carbocycles. The molecule has 0 atom stereocenters. The van der Waals surface area contributed by atoms with Crippen molar-refractivity contribution in [2.75, 3.05) is 25.6 Å². The molecule has 0 radical (unpaired) electrons. The molecule has 0 unspecified atom stereocenters. The van der Waals surface area contributed by atoms with Gasteiger partial charge in [0.2, 0.25) is 5.91 Å². The third-order valence-corrected chi connectivity index (χ3v) is 3.95. The van der Waals surface area contributed by atoms with Gasteiger partial charge in [-0.3, -0.25) is 4.79 Å². The molecule has 0 aromatic heterocycles. The predicted molar refractivity (Wildman–Crippen MR) is 78.7 cm³/mol. The molecule has 1 aromatic rings. The number of aliphatic hydroxyl groups is 3. The average molecular weight is 299 g/mol. The van der Waals surface area contributed by atoms with E-state index in [1.807, 2.05) is 31.2 Å². The van der Waals surface area contributed by atoms with Crippen LogP contribution in [0.15, 0.2) is 29.2 Å². The molecule has 0 saturated heterocycles. The number of carbonyl (C=O) groups excluding carboxylic acids is 1. The van der Waals surface area contributed by atoms with E-state index in [1.165, 1.54) is 5.56 Å². The average Bonchev–Trinajstić information content (AvgIpc) is 2.47. The van der Waals surface area contributed by atoms with Gasteiger partial charge in [0.05, 0.1) is 19.8 Å². The molecule has 1 rings (SSSR count). The van der Waals surface area contributed by atoms with Gasteiger partial charge in [-0.15, -0.1) is 11.8 Å². The Hall–Kier alpha value is -1.08. The van der Waals surface area contributed by atoms with Gasteiger partial charge in [0.1, 0.15) is 5.54 Å². The molecule has 4 N–H and O–H groups in total. The maximum Gasteiger partial charge on any atom is 0.221 e. The van der Waals surface area contributed by atoms with Crippen molar-refractivity contribution in [3.63, 3.8) is 0 Å². The van der Waals surface area contributed by atoms with E-state index < -0.39 is 25.4 Å². The second kappa shape index (κ2) is 8.26. The number of aryl methyl sites for hydroxylation is 1. The third kappa shape index (κ3) is 5.13. The zero-order valence-corrected chi connectivity index (χ0v) is 12.3. The Bertz CT molecular complexity index is 409. The quantitative estimate of drug-likeness (QED) is 0.519. The number of aliphatic hydroxyl groups excluding tert-OH is 3. The molecular weight excluding hydrogens is 278 g/mol. The first-order chi connectivity index (χ1) is 9.55. The van der Waals surface area contributed by atoms with Crippen LogP contribution in [0.25, 0.3) is 0 Å². The number of amides is 1. The van der Waals surface area contributed by atoms with Crippen LogP contribution in [0.4, 0.5) is 0 Å². The van der Waals surface area contributed by atoms with Crippen LogP contribution in [0.2, 0.25) is 0 Å². The highest BCUT2D eigenvalue weighted by molar-refractivity contribution is 7.99. The highest BCUT2D eigenvalue weighted by Crippen LogP contribution is 2.19. The largest absolute Gasteiger partial charge is 0.394 e. The van der Waals surface area contributed by atoms with Crippen LogP contribution in [0.5, 0.6) is 0 Å². The molecule has 0 spiro atoms. The standard InChI is InChI=1S/C14H21NO4S/c1-11-2-4-12(5-3-11)20-7-6-13(19)15-14(8-16,9-17)10-18/h2-5,16-18H,6-10H2,1H3,(H,15,19). The summed E-state index contributed by atoms with van der Waals surface area (Å²) in [6.07, 6.45) is 0.250. The molecule has 0 aliphatic rings. The molecule has 0 saturated carbocycles. The molecule has 0 fully saturated rings. The number of carbonyl (C=O) groups is 1. The van der Waals surface area contributed by atoms with Crippen molar-refractivity contribution in [2.24, 2.45) is 0 Å². The van der Waals surface area contributed by atoms with Gasteiger partial charge in [-0.25, -0.2) is 0 Å². The molecule has 112 valence electrons. The summed E-state index contributed by atoms with van der Waals surface area (Å²) in [6, 6.07) is 8.02. The van der Waals surface area contributed by atoms with Gasteiger partial charge in [0.25, 0.3) is 0 Å². The smallest absolute Gasteiger partial charge is 0.221 e. The molecule has 1 aromatic carbocycles. The second-order valence-corrected chi connectivity index (χ2v) is 5.88. The van der Waals surface area contributed by atoms with Gasteiger partial charge in [0, 0.05) is 17.1 Å². The van der Waals surface area contributed by atoms with Crippen LogP contribution in [0.3, 0.4) is 0 Å². The first-order valence-corrected chi connectivity index (χ1v) is 7.37. The Morgan fingerprint density at radius 1 is 1.15 bits per heavy atom. The van der Waals surface area contributed by atoms with Crippen molar-refractivity contribution < 1.29 is 20.1 Å². The van der Waals surface area contributed by atoms with E-state index in [-0.39, 0.29) is 12.3 Å². The number of hydrogen-bond acceptors (Lipinski definition) is 5. The van der Waals surface area contributed by atoms with Crippen molar-refractivity contribution in [1.82, 2.24) is 5.32 Å². The van der Waals surface area contributed by atoms with Gasteiger partial charge in [0.15, 0.2) is 0 Å². The molecule has 0 heterocycles. The molecule has 20 heavy (non-hydrogen) atoms. The van der Waals surface area contributed by atoms with Crippen molar-refractivity contribution in [3.8, 4) is 0 Å². The van der Waals surface area contributed by atoms with Gasteiger partial charge >= 0.3 is 0 Å². The molecule has 5 nitrogen and oxygen atoms in total. The minimum Gasteiger partial charge on any atom is -0.394 e. The zero-order chi connectivity index (χ0) is 15.0. The van der Waals surface area contributed by atoms with Crippen LogP contribution >= 0.6 is 11.8 Å². The minimum atomic E-state index is -1.34. The predicted octanol–water partition coefficient (Wildman–Crippen LogP) is 0.309. The van der Waals surface area contributed by atoms with E-state index in [2.05, 4.69) is 5.32 Å². The minimum absolute atomic E-state index is 0.250. The Morgan fingerprint density at radius 3 is 2.20 bits per heavy atom. The lowest BCUT2D eigenvalue weighted by Crippen LogP contribution is -2.57. The first kappa shape index (κ1) is 17.0. The maximum atomic E-state index is 11.7. The Kier molecular flexibility index (Phi) is 7.01. The van der Waals surface area contributed by atoms with Gasteiger partial charge in [-0.1, -0.05) is 17.7 Å². The Morgan fingerprint density at radius 2 is 1.70 bits per heavy atom. The highest BCUT2D eigenvalue weighted by Gasteiger charge is 2.29. The summed E-state index contributed by atoms with van der Waals surface area (Å²) >= 11 is 1.56. The number of rotatable bonds is 8. The van der Waals surface area contributed by atoms with Crippen molar-refractivity contribution in [1.29, 1.82) is 0 Å². The van der Waals surface area contributed by atoms with Crippen molar-refractivity contribution >= 4 is 17.7 Å². The van der Waals surface area contributed by atoms with Gasteiger partial charge < -0.3 is 20.6 Å². The summed E-state index contributed by atoms with van der Waals surface area (Å²) in [6.45, 7) is 0.505. The molecule has 1 amide bonds. The summed E-state index contributed by atoms with van der Waals surface area (Å²) in [5.41, 5.74) is -0.156. The van der Waals surface area contributed by atoms with E-state index in [0.29, 0.717) is 5.75 Å². The highest BCUT2D eigenvalue weighted by atomic mass is 32.2. The monoisotopic (exact) mass is 299 g/mol. The summed E-state index contributed by atoms with van der Waals surface area (Å²) < 4.78 is 0. The van der Waals surface area contributed by atoms with E-state index in [0.717, 1.165) is 4.90 Å². The first-order valence-electron chi connectivity index (χ1n) is 6.38. The molecular formula is C14H21NO4S. The van der Waals surface area contributed by atoms with Crippen LogP contribution in [0, 0.1) is 6.92 Å². The molecule has 0 bridgehead atoms. The van der Waals surface area contributed by atoms with E-state index in [9.17, 15) is 4.79 Å². The van der Waals surface area contributed by atoms with Crippen molar-refractivity contribution in [2.45, 2.75) is 23.8 Å². The van der Waals surface area contributed by atoms with Crippen LogP contribution in [-0.2, 0) is 4.79 Å². The summed E-state index contributed by atoms with van der Waals surface area (Å²) in [4.78, 5) is 12.8. The lowest BCUT2D eigenvalue weighted by atomic mass is 10.0. The number of benzene rings is 1. The fourth-order valence-corrected chi connectivity index (χ4v) is 2.37. The number of thioether (sulfide) groups is 1. The second-order valence-electron chi connectivity index (χ2n) is 4.71. The maximum absolute atomic E-state index is 11.7. The topological polar surface area (TPSA) is 89.8 Å². The lowest BCUT2D eigenvalue weighted by molar-refractivity contribution is -0.124. The van der Waals surface area contributed by atoms with Crippen LogP contribution < -0.4 is 5.32 Å². The number of hydrogen-bond donors (Lipinski definition) is 4. The summed E-state index contributed by atoms with van der Waals surface area (Å²) in [7, 11) is 0. The lowest BCUT2D eigenvalue weighted by Gasteiger charge is -2.28. The van der Waals surface area contributed by atoms with Gasteiger partial charge in [-0.05, 0) is 19.1 Å². The van der Waals surface area contributed by atoms with E-state index >= 15 is 0 Å². The van der Waals surface area contributed by atoms with Crippen LogP contribution in [-0.4, -0.2) is 52.3 Å². The fraction of sp³-hybridized carbons (Fsp3) is 0.500. The normalized spacial score (nSPS) is 11.4. The van der Waals surface area contributed by atoms with Gasteiger partial charge in [-0.2, -0.15) is 0 Å². The zero-order valence-electron chi connectivity index (χ0n) is 11.5. The summed E-state index contributed by atoms with van der Waals surface area (Å²) in [5.74, 6) is 0.287. The molecule has 6 heteroatoms. The fourth-order valence-electron chi connectivity index (χ4n) is 1.52. The van der Waals surface area contributed by atoms with E-state index in [4.69, 9.17) is 15.3 Å². The summed E-state index contributed by atoms with van der Waals surface area (Å²) in [5, 5.41) is 29.8. The molecule has 0 aliphatic heterocycles. The van der Waals surface area contributed by atoms with Crippen molar-refractivity contribution in [3.05, 3.63) is 29.8 Å². The van der Waals surface area contributed by atoms with E-state index in [1.54, 1.807) is 11.8 Å². The Labute approximate surface area is 123 Å². The third-order valence-electron chi connectivity index (χ3n) is 2.93. The Balaban J connectivity index is 2.38. The number of nitrogens with one attached hydrogen (secondary N) is 1. The SMILES string of the molecule is Cc1ccc(SCCC(=O)NC(CO)(CO)CO)cc1. The van der Waals surface area contributed by atoms with Crippen LogP contribution in [0.1, 0.15) is 12.0 Å².